The molecule has 1 aromatic carbocycles. The largest absolute Gasteiger partial charge is 0.333 e. The number of carbonyl (C=O) groups is 1. The molecular weight excluding hydrogens is 393 g/mol. The predicted octanol–water partition coefficient (Wildman–Crippen LogP) is 2.98. The van der Waals surface area contributed by atoms with E-state index in [1.807, 2.05) is 31.3 Å². The number of aromatic amines is 1. The fourth-order valence-electron chi connectivity index (χ4n) is 4.65. The van der Waals surface area contributed by atoms with Crippen LogP contribution in [0.2, 0.25) is 0 Å². The predicted molar refractivity (Wildman–Crippen MR) is 116 cm³/mol. The number of carbonyl (C=O) groups excluding carboxylic acids is 1. The third-order valence-corrected chi connectivity index (χ3v) is 6.24. The molecule has 0 saturated carbocycles. The minimum atomic E-state index is -0.261. The van der Waals surface area contributed by atoms with Crippen molar-refractivity contribution in [3.8, 4) is 0 Å². The summed E-state index contributed by atoms with van der Waals surface area (Å²) in [5.74, 6) is 1.32. The monoisotopic (exact) mass is 418 g/mol. The summed E-state index contributed by atoms with van der Waals surface area (Å²) in [4.78, 5) is 30.1. The number of hydrogen-bond donors (Lipinski definition) is 0. The molecule has 0 spiro atoms. The van der Waals surface area contributed by atoms with Gasteiger partial charge in [-0.25, -0.2) is 19.3 Å². The molecule has 0 radical (unpaired) electrons. The lowest BCUT2D eigenvalue weighted by molar-refractivity contribution is -0.364. The number of H-pyrrole nitrogens is 1. The van der Waals surface area contributed by atoms with Gasteiger partial charge in [0.05, 0.1) is 36.2 Å². The molecule has 158 valence electrons. The van der Waals surface area contributed by atoms with Crippen LogP contribution in [0.3, 0.4) is 0 Å². The Morgan fingerprint density at radius 2 is 1.71 bits per heavy atom. The summed E-state index contributed by atoms with van der Waals surface area (Å²) in [5.41, 5.74) is 2.67. The number of halogens is 1. The zero-order valence-corrected chi connectivity index (χ0v) is 17.5. The Bertz CT molecular complexity index is 1110. The number of piperazine rings is 1. The molecule has 6 nitrogen and oxygen atoms in total. The van der Waals surface area contributed by atoms with E-state index < -0.39 is 0 Å². The van der Waals surface area contributed by atoms with Crippen molar-refractivity contribution in [3.05, 3.63) is 77.0 Å². The van der Waals surface area contributed by atoms with Crippen molar-refractivity contribution in [2.75, 3.05) is 36.0 Å². The lowest BCUT2D eigenvalue weighted by Crippen LogP contribution is -2.48. The first kappa shape index (κ1) is 19.6. The Labute approximate surface area is 180 Å². The summed E-state index contributed by atoms with van der Waals surface area (Å²) in [5, 5.41) is 0. The Hall–Kier alpha value is -3.35. The molecule has 0 amide bonds. The standard InChI is InChI=1S/C24H24FN5O/c1-16-23-20(14-17(15-21(23)31)18-6-2-3-7-19(18)25)28-24(27-16)30-12-10-29(11-13-30)22-8-4-5-9-26-22/h2-9,17H,10-15H2,1H3/p+1/t17-/m0/s1. The van der Waals surface area contributed by atoms with E-state index in [4.69, 9.17) is 4.98 Å². The first-order valence-corrected chi connectivity index (χ1v) is 10.7. The van der Waals surface area contributed by atoms with Crippen LogP contribution in [-0.4, -0.2) is 41.9 Å². The second kappa shape index (κ2) is 8.06. The van der Waals surface area contributed by atoms with Crippen LogP contribution < -0.4 is 14.8 Å². The molecule has 0 bridgehead atoms. The zero-order valence-electron chi connectivity index (χ0n) is 17.5. The van der Waals surface area contributed by atoms with Gasteiger partial charge in [0.15, 0.2) is 5.78 Å². The lowest BCUT2D eigenvalue weighted by atomic mass is 9.81. The van der Waals surface area contributed by atoms with Crippen molar-refractivity contribution in [1.82, 2.24) is 9.97 Å². The van der Waals surface area contributed by atoms with Crippen molar-refractivity contribution in [3.63, 3.8) is 0 Å². The molecule has 31 heavy (non-hydrogen) atoms. The van der Waals surface area contributed by atoms with Gasteiger partial charge in [0, 0.05) is 12.5 Å². The molecule has 7 heteroatoms. The fraction of sp³-hybridized carbons (Fsp3) is 0.333. The van der Waals surface area contributed by atoms with Gasteiger partial charge in [-0.05, 0) is 37.0 Å². The van der Waals surface area contributed by atoms with E-state index in [0.717, 1.165) is 43.4 Å². The SMILES string of the molecule is Cc1nc(N2CCN(c3cccc[nH+]3)CC2)nc2c1C(=O)C[C@@H](c1ccccc1F)C2. The number of hydrogen-bond acceptors (Lipinski definition) is 5. The van der Waals surface area contributed by atoms with Gasteiger partial charge in [0.25, 0.3) is 5.82 Å². The van der Waals surface area contributed by atoms with Gasteiger partial charge in [-0.15, -0.1) is 0 Å². The van der Waals surface area contributed by atoms with Crippen LogP contribution >= 0.6 is 0 Å². The number of benzene rings is 1. The Morgan fingerprint density at radius 1 is 0.968 bits per heavy atom. The number of Topliss-reactive ketones (excluding diaryl/α,β-unsaturated/α-hetero) is 1. The van der Waals surface area contributed by atoms with Crippen LogP contribution in [0, 0.1) is 12.7 Å². The number of nitrogens with zero attached hydrogens (tertiary/aromatic N) is 4. The maximum absolute atomic E-state index is 14.3. The highest BCUT2D eigenvalue weighted by Crippen LogP contribution is 2.34. The zero-order chi connectivity index (χ0) is 21.4. The van der Waals surface area contributed by atoms with Crippen LogP contribution in [0.4, 0.5) is 16.2 Å². The minimum absolute atomic E-state index is 0.00277. The highest BCUT2D eigenvalue weighted by molar-refractivity contribution is 5.99. The molecule has 2 aromatic heterocycles. The van der Waals surface area contributed by atoms with Gasteiger partial charge < -0.3 is 4.90 Å². The van der Waals surface area contributed by atoms with Crippen LogP contribution in [-0.2, 0) is 6.42 Å². The molecule has 1 aliphatic carbocycles. The normalized spacial score (nSPS) is 18.8. The van der Waals surface area contributed by atoms with Gasteiger partial charge in [0.2, 0.25) is 5.95 Å². The second-order valence-electron chi connectivity index (χ2n) is 8.20. The van der Waals surface area contributed by atoms with E-state index in [1.54, 1.807) is 12.1 Å². The number of anilines is 2. The molecule has 0 unspecified atom stereocenters. The molecule has 1 atom stereocenters. The number of pyridine rings is 1. The van der Waals surface area contributed by atoms with Crippen molar-refractivity contribution in [2.24, 2.45) is 0 Å². The van der Waals surface area contributed by atoms with Gasteiger partial charge in [0.1, 0.15) is 18.9 Å². The van der Waals surface area contributed by atoms with Crippen molar-refractivity contribution in [1.29, 1.82) is 0 Å². The third kappa shape index (κ3) is 3.76. The van der Waals surface area contributed by atoms with Crippen LogP contribution in [0.1, 0.15) is 39.6 Å². The Morgan fingerprint density at radius 3 is 2.45 bits per heavy atom. The molecule has 3 heterocycles. The number of aryl methyl sites for hydroxylation is 1. The molecule has 2 aliphatic rings. The molecule has 1 aliphatic heterocycles. The van der Waals surface area contributed by atoms with Gasteiger partial charge in [-0.1, -0.05) is 24.3 Å². The second-order valence-corrected chi connectivity index (χ2v) is 8.20. The average molecular weight is 418 g/mol. The van der Waals surface area contributed by atoms with E-state index in [0.29, 0.717) is 29.9 Å². The van der Waals surface area contributed by atoms with Crippen molar-refractivity contribution < 1.29 is 14.2 Å². The Kier molecular flexibility index (Phi) is 5.10. The quantitative estimate of drug-likeness (QED) is 0.654. The van der Waals surface area contributed by atoms with Crippen LogP contribution in [0.25, 0.3) is 0 Å². The van der Waals surface area contributed by atoms with Crippen LogP contribution in [0.5, 0.6) is 0 Å². The number of nitrogens with one attached hydrogen (secondary N) is 1. The summed E-state index contributed by atoms with van der Waals surface area (Å²) < 4.78 is 14.3. The highest BCUT2D eigenvalue weighted by atomic mass is 19.1. The van der Waals surface area contributed by atoms with E-state index in [9.17, 15) is 9.18 Å². The molecular formula is C24H25FN5O+. The highest BCUT2D eigenvalue weighted by Gasteiger charge is 2.32. The van der Waals surface area contributed by atoms with Gasteiger partial charge >= 0.3 is 0 Å². The summed E-state index contributed by atoms with van der Waals surface area (Å²) in [6, 6.07) is 12.8. The lowest BCUT2D eigenvalue weighted by Gasteiger charge is -2.32. The summed E-state index contributed by atoms with van der Waals surface area (Å²) in [6.45, 7) is 5.19. The number of aromatic nitrogens is 3. The van der Waals surface area contributed by atoms with E-state index in [1.165, 1.54) is 6.07 Å². The topological polar surface area (TPSA) is 63.5 Å². The summed E-state index contributed by atoms with van der Waals surface area (Å²) in [7, 11) is 0. The van der Waals surface area contributed by atoms with Crippen molar-refractivity contribution in [2.45, 2.75) is 25.7 Å². The molecule has 5 rings (SSSR count). The molecule has 3 aromatic rings. The summed E-state index contributed by atoms with van der Waals surface area (Å²) >= 11 is 0. The van der Waals surface area contributed by atoms with E-state index >= 15 is 0 Å². The van der Waals surface area contributed by atoms with Gasteiger partial charge in [-0.3, -0.25) is 9.69 Å². The van der Waals surface area contributed by atoms with Crippen LogP contribution in [0.15, 0.2) is 48.7 Å². The van der Waals surface area contributed by atoms with Gasteiger partial charge in [-0.2, -0.15) is 0 Å². The van der Waals surface area contributed by atoms with E-state index in [-0.39, 0.29) is 17.5 Å². The fourth-order valence-corrected chi connectivity index (χ4v) is 4.65. The molecule has 1 N–H and O–H groups in total. The first-order chi connectivity index (χ1) is 15.1. The number of fused-ring (bicyclic) bond motifs is 1. The van der Waals surface area contributed by atoms with E-state index in [2.05, 4.69) is 25.8 Å². The molecule has 1 fully saturated rings. The average Bonchev–Trinajstić information content (AvgIpc) is 2.79. The summed E-state index contributed by atoms with van der Waals surface area (Å²) in [6.07, 6.45) is 2.78. The maximum atomic E-state index is 14.3. The number of rotatable bonds is 3. The third-order valence-electron chi connectivity index (χ3n) is 6.24. The first-order valence-electron chi connectivity index (χ1n) is 10.7. The Balaban J connectivity index is 1.38. The maximum Gasteiger partial charge on any atom is 0.274 e. The number of ketones is 1. The smallest absolute Gasteiger partial charge is 0.274 e. The van der Waals surface area contributed by atoms with Crippen molar-refractivity contribution >= 4 is 17.5 Å². The minimum Gasteiger partial charge on any atom is -0.333 e. The molecule has 1 saturated heterocycles.